The van der Waals surface area contributed by atoms with Gasteiger partial charge in [0, 0.05) is 18.3 Å². The molecule has 100 valence electrons. The molecule has 5 heteroatoms. The minimum Gasteiger partial charge on any atom is -0.399 e. The Labute approximate surface area is 106 Å². The molecule has 0 spiro atoms. The predicted octanol–water partition coefficient (Wildman–Crippen LogP) is 1.54. The number of nitrogens with one attached hydrogen (secondary N) is 1. The van der Waals surface area contributed by atoms with Gasteiger partial charge in [0.1, 0.15) is 5.82 Å². The van der Waals surface area contributed by atoms with Crippen molar-refractivity contribution in [2.45, 2.75) is 26.3 Å². The molecule has 0 aliphatic carbocycles. The van der Waals surface area contributed by atoms with Crippen LogP contribution in [-0.2, 0) is 0 Å². The molecule has 18 heavy (non-hydrogen) atoms. The minimum absolute atomic E-state index is 0.0253. The second kappa shape index (κ2) is 6.35. The van der Waals surface area contributed by atoms with E-state index in [0.29, 0.717) is 12.1 Å². The van der Waals surface area contributed by atoms with Crippen LogP contribution in [0.5, 0.6) is 0 Å². The molecule has 1 amide bonds. The molecular weight excluding hydrogens is 235 g/mol. The number of aliphatic hydroxyl groups excluding tert-OH is 1. The second-order valence-electron chi connectivity index (χ2n) is 4.58. The highest BCUT2D eigenvalue weighted by atomic mass is 19.1. The third-order valence-electron chi connectivity index (χ3n) is 2.80. The van der Waals surface area contributed by atoms with E-state index >= 15 is 0 Å². The number of carbonyl (C=O) groups excluding carboxylic acids is 1. The summed E-state index contributed by atoms with van der Waals surface area (Å²) in [5.41, 5.74) is 5.79. The average Bonchev–Trinajstić information content (AvgIpc) is 2.31. The van der Waals surface area contributed by atoms with Crippen molar-refractivity contribution in [1.82, 2.24) is 5.32 Å². The fraction of sp³-hybridized carbons (Fsp3) is 0.462. The number of nitrogen functional groups attached to an aromatic ring is 1. The molecule has 0 saturated carbocycles. The zero-order valence-corrected chi connectivity index (χ0v) is 10.6. The largest absolute Gasteiger partial charge is 0.399 e. The van der Waals surface area contributed by atoms with Gasteiger partial charge in [-0.1, -0.05) is 13.8 Å². The Morgan fingerprint density at radius 1 is 1.50 bits per heavy atom. The Morgan fingerprint density at radius 3 is 2.72 bits per heavy atom. The van der Waals surface area contributed by atoms with Crippen LogP contribution >= 0.6 is 0 Å². The SMILES string of the molecule is CC(C)C(CCO)NC(=O)c1cc(N)ccc1F. The molecule has 4 nitrogen and oxygen atoms in total. The second-order valence-corrected chi connectivity index (χ2v) is 4.58. The lowest BCUT2D eigenvalue weighted by atomic mass is 10.0. The van der Waals surface area contributed by atoms with E-state index < -0.39 is 11.7 Å². The van der Waals surface area contributed by atoms with Crippen LogP contribution in [0, 0.1) is 11.7 Å². The first kappa shape index (κ1) is 14.4. The van der Waals surface area contributed by atoms with E-state index in [4.69, 9.17) is 10.8 Å². The molecule has 0 heterocycles. The number of aliphatic hydroxyl groups is 1. The highest BCUT2D eigenvalue weighted by Gasteiger charge is 2.19. The standard InChI is InChI=1S/C13H19FN2O2/c1-8(2)12(5-6-17)16-13(18)10-7-9(15)3-4-11(10)14/h3-4,7-8,12,17H,5-6,15H2,1-2H3,(H,16,18). The summed E-state index contributed by atoms with van der Waals surface area (Å²) in [4.78, 5) is 11.9. The molecule has 4 N–H and O–H groups in total. The summed E-state index contributed by atoms with van der Waals surface area (Å²) in [5, 5.41) is 11.6. The number of carbonyl (C=O) groups is 1. The highest BCUT2D eigenvalue weighted by molar-refractivity contribution is 5.95. The van der Waals surface area contributed by atoms with Crippen molar-refractivity contribution in [2.24, 2.45) is 5.92 Å². The van der Waals surface area contributed by atoms with E-state index in [1.807, 2.05) is 13.8 Å². The van der Waals surface area contributed by atoms with E-state index in [-0.39, 0.29) is 24.1 Å². The lowest BCUT2D eigenvalue weighted by Crippen LogP contribution is -2.39. The summed E-state index contributed by atoms with van der Waals surface area (Å²) in [7, 11) is 0. The Bertz CT molecular complexity index is 421. The van der Waals surface area contributed by atoms with Gasteiger partial charge in [0.2, 0.25) is 0 Å². The number of anilines is 1. The molecule has 1 unspecified atom stereocenters. The normalized spacial score (nSPS) is 12.5. The van der Waals surface area contributed by atoms with Gasteiger partial charge < -0.3 is 16.2 Å². The van der Waals surface area contributed by atoms with Crippen molar-refractivity contribution in [3.05, 3.63) is 29.6 Å². The Hall–Kier alpha value is -1.62. The molecule has 0 fully saturated rings. The molecule has 1 aromatic rings. The molecule has 0 aliphatic rings. The van der Waals surface area contributed by atoms with Crippen molar-refractivity contribution in [3.8, 4) is 0 Å². The van der Waals surface area contributed by atoms with E-state index in [2.05, 4.69) is 5.32 Å². The fourth-order valence-corrected chi connectivity index (χ4v) is 1.67. The van der Waals surface area contributed by atoms with E-state index in [1.165, 1.54) is 18.2 Å². The van der Waals surface area contributed by atoms with Crippen LogP contribution in [-0.4, -0.2) is 23.7 Å². The highest BCUT2D eigenvalue weighted by Crippen LogP contribution is 2.13. The van der Waals surface area contributed by atoms with Gasteiger partial charge in [-0.05, 0) is 30.5 Å². The molecule has 0 aromatic heterocycles. The molecule has 0 bridgehead atoms. The summed E-state index contributed by atoms with van der Waals surface area (Å²) in [6.45, 7) is 3.83. The minimum atomic E-state index is -0.604. The molecule has 0 aliphatic heterocycles. The Balaban J connectivity index is 2.83. The fourth-order valence-electron chi connectivity index (χ4n) is 1.67. The smallest absolute Gasteiger partial charge is 0.254 e. The summed E-state index contributed by atoms with van der Waals surface area (Å²) in [6, 6.07) is 3.69. The number of amides is 1. The predicted molar refractivity (Wildman–Crippen MR) is 68.6 cm³/mol. The van der Waals surface area contributed by atoms with Crippen molar-refractivity contribution >= 4 is 11.6 Å². The maximum Gasteiger partial charge on any atom is 0.254 e. The van der Waals surface area contributed by atoms with Gasteiger partial charge >= 0.3 is 0 Å². The lowest BCUT2D eigenvalue weighted by molar-refractivity contribution is 0.0912. The summed E-state index contributed by atoms with van der Waals surface area (Å²) in [5.74, 6) is -0.953. The van der Waals surface area contributed by atoms with Crippen LogP contribution in [0.3, 0.4) is 0 Å². The van der Waals surface area contributed by atoms with Crippen LogP contribution in [0.25, 0.3) is 0 Å². The van der Waals surface area contributed by atoms with Gasteiger partial charge in [-0.2, -0.15) is 0 Å². The third kappa shape index (κ3) is 3.70. The zero-order chi connectivity index (χ0) is 13.7. The Morgan fingerprint density at radius 2 is 2.17 bits per heavy atom. The first-order chi connectivity index (χ1) is 8.45. The average molecular weight is 254 g/mol. The molecule has 0 saturated heterocycles. The third-order valence-corrected chi connectivity index (χ3v) is 2.80. The van der Waals surface area contributed by atoms with Gasteiger partial charge in [-0.15, -0.1) is 0 Å². The van der Waals surface area contributed by atoms with Crippen LogP contribution in [0.15, 0.2) is 18.2 Å². The van der Waals surface area contributed by atoms with Crippen LogP contribution in [0.2, 0.25) is 0 Å². The maximum atomic E-state index is 13.5. The van der Waals surface area contributed by atoms with Crippen molar-refractivity contribution in [2.75, 3.05) is 12.3 Å². The number of rotatable bonds is 5. The Kier molecular flexibility index (Phi) is 5.09. The van der Waals surface area contributed by atoms with Gasteiger partial charge in [0.15, 0.2) is 0 Å². The van der Waals surface area contributed by atoms with E-state index in [0.717, 1.165) is 0 Å². The van der Waals surface area contributed by atoms with Gasteiger partial charge in [-0.3, -0.25) is 4.79 Å². The summed E-state index contributed by atoms with van der Waals surface area (Å²) < 4.78 is 13.5. The first-order valence-electron chi connectivity index (χ1n) is 5.92. The van der Waals surface area contributed by atoms with Crippen LogP contribution in [0.4, 0.5) is 10.1 Å². The number of halogens is 1. The maximum absolute atomic E-state index is 13.5. The quantitative estimate of drug-likeness (QED) is 0.698. The number of benzene rings is 1. The van der Waals surface area contributed by atoms with Crippen molar-refractivity contribution in [3.63, 3.8) is 0 Å². The summed E-state index contributed by atoms with van der Waals surface area (Å²) in [6.07, 6.45) is 0.438. The topological polar surface area (TPSA) is 75.3 Å². The zero-order valence-electron chi connectivity index (χ0n) is 10.6. The van der Waals surface area contributed by atoms with Crippen LogP contribution in [0.1, 0.15) is 30.6 Å². The van der Waals surface area contributed by atoms with Crippen molar-refractivity contribution in [1.29, 1.82) is 0 Å². The molecule has 1 aromatic carbocycles. The lowest BCUT2D eigenvalue weighted by Gasteiger charge is -2.21. The van der Waals surface area contributed by atoms with Crippen LogP contribution < -0.4 is 11.1 Å². The van der Waals surface area contributed by atoms with Gasteiger partial charge in [-0.25, -0.2) is 4.39 Å². The number of nitrogens with two attached hydrogens (primary N) is 1. The molecule has 1 atom stereocenters. The first-order valence-corrected chi connectivity index (χ1v) is 5.92. The molecular formula is C13H19FN2O2. The summed E-state index contributed by atoms with van der Waals surface area (Å²) >= 11 is 0. The number of hydrogen-bond donors (Lipinski definition) is 3. The van der Waals surface area contributed by atoms with Crippen molar-refractivity contribution < 1.29 is 14.3 Å². The van der Waals surface area contributed by atoms with Gasteiger partial charge in [0.05, 0.1) is 5.56 Å². The van der Waals surface area contributed by atoms with E-state index in [9.17, 15) is 9.18 Å². The molecule has 0 radical (unpaired) electrons. The van der Waals surface area contributed by atoms with Gasteiger partial charge in [0.25, 0.3) is 5.91 Å². The monoisotopic (exact) mass is 254 g/mol. The van der Waals surface area contributed by atoms with E-state index in [1.54, 1.807) is 0 Å². The molecule has 1 rings (SSSR count). The number of hydrogen-bond acceptors (Lipinski definition) is 3.